The molecule has 0 aliphatic carbocycles. The molecule has 1 rings (SSSR count). The molecule has 0 aromatic carbocycles. The summed E-state index contributed by atoms with van der Waals surface area (Å²) in [5, 5.41) is 4.28. The van der Waals surface area contributed by atoms with Crippen LogP contribution in [0.4, 0.5) is 0 Å². The highest BCUT2D eigenvalue weighted by Gasteiger charge is 2.27. The number of nitrogens with one attached hydrogen (secondary N) is 2. The first-order valence-electron chi connectivity index (χ1n) is 3.99. The van der Waals surface area contributed by atoms with E-state index in [9.17, 15) is 14.4 Å². The quantitative estimate of drug-likeness (QED) is 0.490. The number of halogens is 1. The second-order valence-corrected chi connectivity index (χ2v) is 3.34. The number of carbonyl (C=O) groups excluding carboxylic acids is 3. The van der Waals surface area contributed by atoms with Crippen molar-refractivity contribution >= 4 is 29.3 Å². The number of carbonyl (C=O) groups is 3. The molecule has 1 aliphatic rings. The Balaban J connectivity index is 2.54. The summed E-state index contributed by atoms with van der Waals surface area (Å²) in [6.07, 6.45) is 0.506. The van der Waals surface area contributed by atoms with E-state index in [2.05, 4.69) is 17.2 Å². The molecule has 1 heterocycles. The Kier molecular flexibility index (Phi) is 3.24. The molecule has 1 fully saturated rings. The highest BCUT2D eigenvalue weighted by Crippen LogP contribution is 2.06. The first kappa shape index (κ1) is 10.7. The average Bonchev–Trinajstić information content (AvgIpc) is 2.09. The summed E-state index contributed by atoms with van der Waals surface area (Å²) in [6.45, 7) is 3.22. The average molecular weight is 217 g/mol. The lowest BCUT2D eigenvalue weighted by Gasteiger charge is -2.21. The van der Waals surface area contributed by atoms with Gasteiger partial charge in [-0.05, 0) is 6.42 Å². The topological polar surface area (TPSA) is 75.3 Å². The third-order valence-electron chi connectivity index (χ3n) is 1.79. The minimum Gasteiger partial charge on any atom is -0.339 e. The fraction of sp³-hybridized carbons (Fsp3) is 0.375. The van der Waals surface area contributed by atoms with E-state index in [4.69, 9.17) is 11.6 Å². The SMILES string of the molecule is C=C(Cl)C(=O)NC1CCC(=O)NC1=O. The minimum atomic E-state index is -0.698. The van der Waals surface area contributed by atoms with Crippen molar-refractivity contribution in [2.45, 2.75) is 18.9 Å². The number of hydrogen-bond donors (Lipinski definition) is 2. The van der Waals surface area contributed by atoms with Crippen molar-refractivity contribution in [2.75, 3.05) is 0 Å². The van der Waals surface area contributed by atoms with Gasteiger partial charge in [0.1, 0.15) is 6.04 Å². The summed E-state index contributed by atoms with van der Waals surface area (Å²) in [7, 11) is 0. The summed E-state index contributed by atoms with van der Waals surface area (Å²) in [6, 6.07) is -0.698. The lowest BCUT2D eigenvalue weighted by atomic mass is 10.1. The van der Waals surface area contributed by atoms with Crippen molar-refractivity contribution in [1.82, 2.24) is 10.6 Å². The first-order chi connectivity index (χ1) is 6.50. The lowest BCUT2D eigenvalue weighted by molar-refractivity contribution is -0.136. The van der Waals surface area contributed by atoms with Gasteiger partial charge in [0.25, 0.3) is 5.91 Å². The van der Waals surface area contributed by atoms with Crippen LogP contribution in [-0.2, 0) is 14.4 Å². The van der Waals surface area contributed by atoms with E-state index in [1.165, 1.54) is 0 Å². The van der Waals surface area contributed by atoms with Crippen molar-refractivity contribution < 1.29 is 14.4 Å². The van der Waals surface area contributed by atoms with E-state index >= 15 is 0 Å². The van der Waals surface area contributed by atoms with Crippen LogP contribution in [0.1, 0.15) is 12.8 Å². The van der Waals surface area contributed by atoms with Crippen LogP contribution in [0.25, 0.3) is 0 Å². The molecular weight excluding hydrogens is 208 g/mol. The zero-order valence-corrected chi connectivity index (χ0v) is 8.06. The number of imide groups is 1. The highest BCUT2D eigenvalue weighted by molar-refractivity contribution is 6.41. The number of rotatable bonds is 2. The molecule has 76 valence electrons. The van der Waals surface area contributed by atoms with E-state index < -0.39 is 17.9 Å². The maximum Gasteiger partial charge on any atom is 0.262 e. The van der Waals surface area contributed by atoms with Crippen LogP contribution in [0.3, 0.4) is 0 Å². The van der Waals surface area contributed by atoms with Crippen molar-refractivity contribution in [3.05, 3.63) is 11.6 Å². The Hall–Kier alpha value is -1.36. The monoisotopic (exact) mass is 216 g/mol. The van der Waals surface area contributed by atoms with Gasteiger partial charge in [-0.25, -0.2) is 0 Å². The van der Waals surface area contributed by atoms with Gasteiger partial charge in [0, 0.05) is 6.42 Å². The fourth-order valence-electron chi connectivity index (χ4n) is 1.07. The van der Waals surface area contributed by atoms with Crippen LogP contribution >= 0.6 is 11.6 Å². The van der Waals surface area contributed by atoms with Crippen LogP contribution in [0.5, 0.6) is 0 Å². The number of piperidine rings is 1. The van der Waals surface area contributed by atoms with Gasteiger partial charge in [0.05, 0.1) is 5.03 Å². The molecule has 3 amide bonds. The Bertz CT molecular complexity index is 314. The van der Waals surface area contributed by atoms with E-state index in [0.717, 1.165) is 0 Å². The molecule has 1 saturated heterocycles. The maximum atomic E-state index is 11.1. The lowest BCUT2D eigenvalue weighted by Crippen LogP contribution is -2.52. The summed E-state index contributed by atoms with van der Waals surface area (Å²) >= 11 is 5.32. The molecule has 1 atom stereocenters. The smallest absolute Gasteiger partial charge is 0.262 e. The van der Waals surface area contributed by atoms with Crippen molar-refractivity contribution in [3.8, 4) is 0 Å². The summed E-state index contributed by atoms with van der Waals surface area (Å²) in [5.41, 5.74) is 0. The van der Waals surface area contributed by atoms with Gasteiger partial charge in [-0.2, -0.15) is 0 Å². The van der Waals surface area contributed by atoms with Gasteiger partial charge < -0.3 is 5.32 Å². The van der Waals surface area contributed by atoms with Gasteiger partial charge in [0.2, 0.25) is 11.8 Å². The highest BCUT2D eigenvalue weighted by atomic mass is 35.5. The first-order valence-corrected chi connectivity index (χ1v) is 4.37. The van der Waals surface area contributed by atoms with Crippen molar-refractivity contribution in [1.29, 1.82) is 0 Å². The minimum absolute atomic E-state index is 0.185. The third kappa shape index (κ3) is 2.56. The molecule has 1 unspecified atom stereocenters. The largest absolute Gasteiger partial charge is 0.339 e. The Morgan fingerprint density at radius 3 is 2.71 bits per heavy atom. The zero-order chi connectivity index (χ0) is 10.7. The summed E-state index contributed by atoms with van der Waals surface area (Å²) < 4.78 is 0. The Morgan fingerprint density at radius 1 is 1.57 bits per heavy atom. The van der Waals surface area contributed by atoms with Crippen LogP contribution in [0.15, 0.2) is 11.6 Å². The molecule has 0 saturated carbocycles. The van der Waals surface area contributed by atoms with Gasteiger partial charge in [-0.1, -0.05) is 18.2 Å². The van der Waals surface area contributed by atoms with E-state index in [-0.39, 0.29) is 17.4 Å². The number of amides is 3. The summed E-state index contributed by atoms with van der Waals surface area (Å²) in [5.74, 6) is -1.43. The molecule has 0 spiro atoms. The van der Waals surface area contributed by atoms with Crippen molar-refractivity contribution in [2.24, 2.45) is 0 Å². The van der Waals surface area contributed by atoms with Crippen LogP contribution in [0.2, 0.25) is 0 Å². The molecular formula is C8H9ClN2O3. The maximum absolute atomic E-state index is 11.1. The molecule has 6 heteroatoms. The molecule has 14 heavy (non-hydrogen) atoms. The summed E-state index contributed by atoms with van der Waals surface area (Å²) in [4.78, 5) is 32.9. The van der Waals surface area contributed by atoms with E-state index in [0.29, 0.717) is 6.42 Å². The second kappa shape index (κ2) is 4.23. The van der Waals surface area contributed by atoms with Gasteiger partial charge in [-0.15, -0.1) is 0 Å². The van der Waals surface area contributed by atoms with Crippen molar-refractivity contribution in [3.63, 3.8) is 0 Å². The number of hydrogen-bond acceptors (Lipinski definition) is 3. The van der Waals surface area contributed by atoms with Gasteiger partial charge in [-0.3, -0.25) is 19.7 Å². The van der Waals surface area contributed by atoms with Crippen LogP contribution < -0.4 is 10.6 Å². The van der Waals surface area contributed by atoms with E-state index in [1.807, 2.05) is 0 Å². The van der Waals surface area contributed by atoms with Crippen LogP contribution in [-0.4, -0.2) is 23.8 Å². The molecule has 0 aromatic heterocycles. The second-order valence-electron chi connectivity index (χ2n) is 2.88. The molecule has 2 N–H and O–H groups in total. The van der Waals surface area contributed by atoms with E-state index in [1.54, 1.807) is 0 Å². The third-order valence-corrected chi connectivity index (χ3v) is 1.96. The normalized spacial score (nSPS) is 21.4. The molecule has 0 aromatic rings. The molecule has 5 nitrogen and oxygen atoms in total. The Labute approximate surface area is 85.5 Å². The predicted molar refractivity (Wildman–Crippen MR) is 49.3 cm³/mol. The zero-order valence-electron chi connectivity index (χ0n) is 7.30. The van der Waals surface area contributed by atoms with Gasteiger partial charge >= 0.3 is 0 Å². The molecule has 0 radical (unpaired) electrons. The molecule has 1 aliphatic heterocycles. The fourth-order valence-corrected chi connectivity index (χ4v) is 1.12. The molecule has 0 bridgehead atoms. The predicted octanol–water partition coefficient (Wildman–Crippen LogP) is -0.340. The Morgan fingerprint density at radius 2 is 2.21 bits per heavy atom. The standard InChI is InChI=1S/C8H9ClN2O3/c1-4(9)7(13)10-5-2-3-6(12)11-8(5)14/h5H,1-3H2,(H,10,13)(H,11,12,14). The van der Waals surface area contributed by atoms with Crippen LogP contribution in [0, 0.1) is 0 Å². The van der Waals surface area contributed by atoms with Gasteiger partial charge in [0.15, 0.2) is 0 Å².